The Bertz CT molecular complexity index is 1370. The van der Waals surface area contributed by atoms with Crippen LogP contribution in [0.4, 0.5) is 0 Å². The minimum absolute atomic E-state index is 0.0666. The fraction of sp³-hybridized carbons (Fsp3) is 0.280. The van der Waals surface area contributed by atoms with E-state index in [0.717, 1.165) is 39.0 Å². The zero-order chi connectivity index (χ0) is 22.8. The Hall–Kier alpha value is -3.92. The van der Waals surface area contributed by atoms with Gasteiger partial charge in [0.15, 0.2) is 5.65 Å². The van der Waals surface area contributed by atoms with Gasteiger partial charge < -0.3 is 9.64 Å². The number of amides is 1. The lowest BCUT2D eigenvalue weighted by Crippen LogP contribution is -2.26. The first-order chi connectivity index (χ1) is 15.4. The summed E-state index contributed by atoms with van der Waals surface area (Å²) in [5.41, 5.74) is 4.82. The lowest BCUT2D eigenvalue weighted by atomic mass is 10.0. The van der Waals surface area contributed by atoms with Crippen molar-refractivity contribution in [3.63, 3.8) is 0 Å². The van der Waals surface area contributed by atoms with Gasteiger partial charge in [-0.15, -0.1) is 0 Å². The smallest absolute Gasteiger partial charge is 0.222 e. The van der Waals surface area contributed by atoms with E-state index in [1.54, 1.807) is 16.5 Å². The van der Waals surface area contributed by atoms with Crippen LogP contribution in [0.25, 0.3) is 16.4 Å². The van der Waals surface area contributed by atoms with Crippen LogP contribution >= 0.6 is 0 Å². The van der Waals surface area contributed by atoms with Crippen LogP contribution in [-0.2, 0) is 17.8 Å². The van der Waals surface area contributed by atoms with Crippen molar-refractivity contribution in [1.29, 1.82) is 5.26 Å². The van der Waals surface area contributed by atoms with Gasteiger partial charge in [-0.25, -0.2) is 9.50 Å². The summed E-state index contributed by atoms with van der Waals surface area (Å²) in [6, 6.07) is 14.3. The molecule has 0 N–H and O–H groups in total. The molecule has 0 aliphatic carbocycles. The van der Waals surface area contributed by atoms with E-state index in [1.807, 2.05) is 45.2 Å². The number of fused-ring (bicyclic) bond motifs is 2. The standard InChI is InChI=1S/C25H25N5O2/c1-16-23(17(2)30-25(28-16)21(13-26)14-27-30)9-10-24(31)29(3)15-18-5-6-20-12-22(32-4)8-7-19(20)11-18/h5-8,11-12,14H,9-10,15H2,1-4H3. The molecule has 4 aromatic rings. The van der Waals surface area contributed by atoms with Gasteiger partial charge in [0.1, 0.15) is 17.4 Å². The molecule has 7 heteroatoms. The molecule has 2 heterocycles. The first kappa shape index (κ1) is 21.3. The maximum absolute atomic E-state index is 12.8. The van der Waals surface area contributed by atoms with Crippen LogP contribution in [0.1, 0.15) is 34.5 Å². The van der Waals surface area contributed by atoms with Crippen molar-refractivity contribution >= 4 is 22.3 Å². The van der Waals surface area contributed by atoms with Crippen molar-refractivity contribution in [3.8, 4) is 11.8 Å². The summed E-state index contributed by atoms with van der Waals surface area (Å²) in [6.07, 6.45) is 2.47. The lowest BCUT2D eigenvalue weighted by molar-refractivity contribution is -0.130. The second-order valence-corrected chi connectivity index (χ2v) is 7.96. The van der Waals surface area contributed by atoms with Crippen LogP contribution in [0.2, 0.25) is 0 Å². The van der Waals surface area contributed by atoms with Crippen LogP contribution in [0.15, 0.2) is 42.6 Å². The molecule has 0 radical (unpaired) electrons. The number of aromatic nitrogens is 3. The summed E-state index contributed by atoms with van der Waals surface area (Å²) in [7, 11) is 3.49. The summed E-state index contributed by atoms with van der Waals surface area (Å²) in [6.45, 7) is 4.40. The van der Waals surface area contributed by atoms with E-state index in [0.29, 0.717) is 30.6 Å². The summed E-state index contributed by atoms with van der Waals surface area (Å²) in [5.74, 6) is 0.895. The Kier molecular flexibility index (Phi) is 5.78. The van der Waals surface area contributed by atoms with Crippen LogP contribution in [-0.4, -0.2) is 39.6 Å². The van der Waals surface area contributed by atoms with Gasteiger partial charge in [-0.3, -0.25) is 4.79 Å². The molecule has 0 fully saturated rings. The van der Waals surface area contributed by atoms with Crippen molar-refractivity contribution in [1.82, 2.24) is 19.5 Å². The molecule has 0 saturated heterocycles. The van der Waals surface area contributed by atoms with Crippen molar-refractivity contribution in [3.05, 3.63) is 70.7 Å². The highest BCUT2D eigenvalue weighted by Crippen LogP contribution is 2.23. The number of methoxy groups -OCH3 is 1. The highest BCUT2D eigenvalue weighted by molar-refractivity contribution is 5.84. The van der Waals surface area contributed by atoms with Crippen LogP contribution in [0.3, 0.4) is 0 Å². The number of hydrogen-bond donors (Lipinski definition) is 0. The number of carbonyl (C=O) groups excluding carboxylic acids is 1. The van der Waals surface area contributed by atoms with Gasteiger partial charge in [0.2, 0.25) is 5.91 Å². The maximum atomic E-state index is 12.8. The molecule has 4 rings (SSSR count). The summed E-state index contributed by atoms with van der Waals surface area (Å²) in [4.78, 5) is 19.1. The average Bonchev–Trinajstić information content (AvgIpc) is 3.21. The normalized spacial score (nSPS) is 11.0. The fourth-order valence-corrected chi connectivity index (χ4v) is 4.04. The Labute approximate surface area is 186 Å². The van der Waals surface area contributed by atoms with Gasteiger partial charge in [-0.1, -0.05) is 18.2 Å². The molecule has 0 aliphatic heterocycles. The third-order valence-corrected chi connectivity index (χ3v) is 5.88. The molecule has 32 heavy (non-hydrogen) atoms. The number of ether oxygens (including phenoxy) is 1. The molecule has 162 valence electrons. The number of nitrogens with zero attached hydrogens (tertiary/aromatic N) is 5. The van der Waals surface area contributed by atoms with Crippen LogP contribution in [0, 0.1) is 25.2 Å². The van der Waals surface area contributed by atoms with Crippen molar-refractivity contribution < 1.29 is 9.53 Å². The molecule has 2 aromatic carbocycles. The van der Waals surface area contributed by atoms with Crippen LogP contribution in [0.5, 0.6) is 5.75 Å². The monoisotopic (exact) mass is 427 g/mol. The van der Waals surface area contributed by atoms with Gasteiger partial charge in [0, 0.05) is 31.4 Å². The zero-order valence-electron chi connectivity index (χ0n) is 18.7. The molecule has 0 spiro atoms. The van der Waals surface area contributed by atoms with E-state index >= 15 is 0 Å². The quantitative estimate of drug-likeness (QED) is 0.465. The minimum Gasteiger partial charge on any atom is -0.497 e. The molecule has 0 aliphatic rings. The lowest BCUT2D eigenvalue weighted by Gasteiger charge is -2.18. The van der Waals surface area contributed by atoms with E-state index in [2.05, 4.69) is 28.3 Å². The van der Waals surface area contributed by atoms with Gasteiger partial charge in [-0.2, -0.15) is 10.4 Å². The Balaban J connectivity index is 1.45. The van der Waals surface area contributed by atoms with Gasteiger partial charge >= 0.3 is 0 Å². The average molecular weight is 428 g/mol. The SMILES string of the molecule is COc1ccc2cc(CN(C)C(=O)CCc3c(C)nc4c(C#N)cnn4c3C)ccc2c1. The number of aryl methyl sites for hydroxylation is 2. The second kappa shape index (κ2) is 8.67. The molecular formula is C25H25N5O2. The molecule has 0 atom stereocenters. The predicted octanol–water partition coefficient (Wildman–Crippen LogP) is 3.97. The first-order valence-electron chi connectivity index (χ1n) is 10.5. The predicted molar refractivity (Wildman–Crippen MR) is 122 cm³/mol. The van der Waals surface area contributed by atoms with E-state index in [4.69, 9.17) is 4.74 Å². The number of hydrogen-bond acceptors (Lipinski definition) is 5. The highest BCUT2D eigenvalue weighted by atomic mass is 16.5. The minimum atomic E-state index is 0.0666. The highest BCUT2D eigenvalue weighted by Gasteiger charge is 2.16. The number of carbonyl (C=O) groups is 1. The van der Waals surface area contributed by atoms with Crippen LogP contribution < -0.4 is 4.74 Å². The van der Waals surface area contributed by atoms with Gasteiger partial charge in [-0.05, 0) is 60.4 Å². The molecule has 1 amide bonds. The molecule has 2 aromatic heterocycles. The molecular weight excluding hydrogens is 402 g/mol. The van der Waals surface area contributed by atoms with E-state index in [1.165, 1.54) is 6.20 Å². The van der Waals surface area contributed by atoms with Crippen molar-refractivity contribution in [2.75, 3.05) is 14.2 Å². The Morgan fingerprint density at radius 3 is 2.69 bits per heavy atom. The summed E-state index contributed by atoms with van der Waals surface area (Å²) < 4.78 is 6.96. The van der Waals surface area contributed by atoms with E-state index < -0.39 is 0 Å². The summed E-state index contributed by atoms with van der Waals surface area (Å²) >= 11 is 0. The van der Waals surface area contributed by atoms with Crippen molar-refractivity contribution in [2.45, 2.75) is 33.2 Å². The third kappa shape index (κ3) is 4.00. The summed E-state index contributed by atoms with van der Waals surface area (Å²) in [5, 5.41) is 15.7. The maximum Gasteiger partial charge on any atom is 0.222 e. The van der Waals surface area contributed by atoms with E-state index in [-0.39, 0.29) is 5.91 Å². The number of rotatable bonds is 6. The van der Waals surface area contributed by atoms with Crippen molar-refractivity contribution in [2.24, 2.45) is 0 Å². The first-order valence-corrected chi connectivity index (χ1v) is 10.5. The number of nitriles is 1. The Morgan fingerprint density at radius 1 is 1.19 bits per heavy atom. The third-order valence-electron chi connectivity index (χ3n) is 5.88. The topological polar surface area (TPSA) is 83.5 Å². The zero-order valence-corrected chi connectivity index (χ0v) is 18.7. The molecule has 0 unspecified atom stereocenters. The fourth-order valence-electron chi connectivity index (χ4n) is 4.04. The molecule has 0 bridgehead atoms. The molecule has 0 saturated carbocycles. The second-order valence-electron chi connectivity index (χ2n) is 7.96. The van der Waals surface area contributed by atoms with E-state index in [9.17, 15) is 10.1 Å². The number of benzene rings is 2. The Morgan fingerprint density at radius 2 is 1.94 bits per heavy atom. The van der Waals surface area contributed by atoms with Gasteiger partial charge in [0.05, 0.1) is 13.3 Å². The largest absolute Gasteiger partial charge is 0.497 e. The molecule has 7 nitrogen and oxygen atoms in total. The van der Waals surface area contributed by atoms with Gasteiger partial charge in [0.25, 0.3) is 0 Å².